The molecule has 4 nitrogen and oxygen atoms in total. The lowest BCUT2D eigenvalue weighted by Crippen LogP contribution is -2.19. The van der Waals surface area contributed by atoms with Crippen molar-refractivity contribution in [2.45, 2.75) is 38.5 Å². The zero-order valence-corrected chi connectivity index (χ0v) is 31.3. The first-order valence-electron chi connectivity index (χ1n) is 19.1. The quantitative estimate of drug-likeness (QED) is 0.183. The highest BCUT2D eigenvalue weighted by atomic mass is 15.0. The third-order valence-electron chi connectivity index (χ3n) is 12.2. The fraction of sp³-hybridized carbons (Fsp3) is 0.118. The lowest BCUT2D eigenvalue weighted by atomic mass is 9.75. The molecule has 11 rings (SSSR count). The van der Waals surface area contributed by atoms with E-state index in [2.05, 4.69) is 154 Å². The summed E-state index contributed by atoms with van der Waals surface area (Å²) >= 11 is 0. The Kier molecular flexibility index (Phi) is 6.61. The number of hydrogen-bond donors (Lipinski definition) is 0. The summed E-state index contributed by atoms with van der Waals surface area (Å²) < 4.78 is 2.52. The molecule has 2 aliphatic carbocycles. The molecule has 0 fully saturated rings. The Hall–Kier alpha value is -6.65. The minimum atomic E-state index is -0.201. The summed E-state index contributed by atoms with van der Waals surface area (Å²) in [5, 5.41) is 2.60. The second kappa shape index (κ2) is 11.4. The SMILES string of the molecule is CC1(C)c2ccccc2-c2c1c1c(c3c4ccccc4n(-c4cccc(-c5nc(-c6ccccc6)nc(-c6ccccc6)n5)c4)c23)C(C)(C)c2ccccc2-1. The third-order valence-corrected chi connectivity index (χ3v) is 12.2. The normalized spacial score (nSPS) is 14.5. The van der Waals surface area contributed by atoms with Crippen LogP contribution in [-0.2, 0) is 10.8 Å². The van der Waals surface area contributed by atoms with Crippen molar-refractivity contribution in [1.82, 2.24) is 19.5 Å². The monoisotopic (exact) mass is 706 g/mol. The number of rotatable bonds is 4. The predicted octanol–water partition coefficient (Wildman–Crippen LogP) is 12.6. The van der Waals surface area contributed by atoms with E-state index in [0.29, 0.717) is 17.5 Å². The van der Waals surface area contributed by atoms with Crippen LogP contribution in [0.1, 0.15) is 49.9 Å². The molecule has 9 aromatic rings. The highest BCUT2D eigenvalue weighted by Gasteiger charge is 2.47. The van der Waals surface area contributed by atoms with E-state index in [1.165, 1.54) is 66.3 Å². The van der Waals surface area contributed by atoms with Gasteiger partial charge in [-0.1, -0.05) is 167 Å². The predicted molar refractivity (Wildman–Crippen MR) is 226 cm³/mol. The highest BCUT2D eigenvalue weighted by Crippen LogP contribution is 2.63. The van der Waals surface area contributed by atoms with Crippen molar-refractivity contribution < 1.29 is 0 Å². The van der Waals surface area contributed by atoms with Gasteiger partial charge in [0, 0.05) is 49.5 Å². The van der Waals surface area contributed by atoms with E-state index in [0.717, 1.165) is 22.4 Å². The molecule has 2 heterocycles. The van der Waals surface area contributed by atoms with Gasteiger partial charge in [0.1, 0.15) is 0 Å². The van der Waals surface area contributed by atoms with Gasteiger partial charge < -0.3 is 4.57 Å². The molecule has 0 radical (unpaired) electrons. The summed E-state index contributed by atoms with van der Waals surface area (Å²) in [5.41, 5.74) is 17.0. The fourth-order valence-electron chi connectivity index (χ4n) is 9.76. The van der Waals surface area contributed by atoms with Crippen LogP contribution in [0.5, 0.6) is 0 Å². The summed E-state index contributed by atoms with van der Waals surface area (Å²) in [5.74, 6) is 1.95. The van der Waals surface area contributed by atoms with Crippen molar-refractivity contribution in [2.24, 2.45) is 0 Å². The number of fused-ring (bicyclic) bond motifs is 12. The van der Waals surface area contributed by atoms with Crippen molar-refractivity contribution >= 4 is 21.8 Å². The van der Waals surface area contributed by atoms with Gasteiger partial charge in [0.05, 0.1) is 11.0 Å². The van der Waals surface area contributed by atoms with Crippen LogP contribution in [0.15, 0.2) is 158 Å². The van der Waals surface area contributed by atoms with Gasteiger partial charge in [0.25, 0.3) is 0 Å². The maximum atomic E-state index is 5.11. The minimum absolute atomic E-state index is 0.201. The number of hydrogen-bond acceptors (Lipinski definition) is 3. The van der Waals surface area contributed by atoms with Crippen LogP contribution in [0.3, 0.4) is 0 Å². The number of benzene rings is 7. The summed E-state index contributed by atoms with van der Waals surface area (Å²) in [6.07, 6.45) is 0. The molecule has 2 aliphatic rings. The Morgan fingerprint density at radius 1 is 0.436 bits per heavy atom. The van der Waals surface area contributed by atoms with Crippen molar-refractivity contribution in [3.05, 3.63) is 180 Å². The first-order chi connectivity index (χ1) is 26.8. The molecule has 55 heavy (non-hydrogen) atoms. The smallest absolute Gasteiger partial charge is 0.164 e. The van der Waals surface area contributed by atoms with Gasteiger partial charge in [0.15, 0.2) is 17.5 Å². The Morgan fingerprint density at radius 2 is 0.927 bits per heavy atom. The molecule has 0 N–H and O–H groups in total. The van der Waals surface area contributed by atoms with E-state index in [9.17, 15) is 0 Å². The van der Waals surface area contributed by atoms with Gasteiger partial charge in [-0.05, 0) is 57.1 Å². The first-order valence-corrected chi connectivity index (χ1v) is 19.1. The maximum Gasteiger partial charge on any atom is 0.164 e. The Morgan fingerprint density at radius 3 is 1.56 bits per heavy atom. The molecule has 7 aromatic carbocycles. The maximum absolute atomic E-state index is 5.11. The molecule has 4 heteroatoms. The third kappa shape index (κ3) is 4.42. The molecule has 0 bridgehead atoms. The van der Waals surface area contributed by atoms with Crippen molar-refractivity contribution in [2.75, 3.05) is 0 Å². The molecule has 0 atom stereocenters. The van der Waals surface area contributed by atoms with E-state index >= 15 is 0 Å². The average molecular weight is 707 g/mol. The molecule has 262 valence electrons. The van der Waals surface area contributed by atoms with Gasteiger partial charge in [-0.2, -0.15) is 0 Å². The van der Waals surface area contributed by atoms with E-state index in [1.54, 1.807) is 0 Å². The van der Waals surface area contributed by atoms with Crippen molar-refractivity contribution in [3.63, 3.8) is 0 Å². The standard InChI is InChI=1S/C51H38N4/c1-50(2)38-27-14-11-24-35(38)41-44-42(36-25-12-15-28-39(36)51(44,3)4)46-43(45(41)50)37-26-13-16-29-40(37)55(46)34-23-17-22-33(30-34)49-53-47(31-18-7-5-8-19-31)52-48(54-49)32-20-9-6-10-21-32/h5-30H,1-4H3. The number of para-hydroxylation sites is 1. The first kappa shape index (κ1) is 31.8. The van der Waals surface area contributed by atoms with Crippen molar-refractivity contribution in [1.29, 1.82) is 0 Å². The summed E-state index contributed by atoms with van der Waals surface area (Å²) in [6.45, 7) is 9.67. The molecule has 0 unspecified atom stereocenters. The van der Waals surface area contributed by atoms with Gasteiger partial charge in [-0.15, -0.1) is 0 Å². The lowest BCUT2D eigenvalue weighted by Gasteiger charge is -2.27. The second-order valence-electron chi connectivity index (χ2n) is 16.0. The molecule has 0 saturated heterocycles. The van der Waals surface area contributed by atoms with E-state index in [-0.39, 0.29) is 10.8 Å². The van der Waals surface area contributed by atoms with Crippen LogP contribution in [0, 0.1) is 0 Å². The molecule has 2 aromatic heterocycles. The van der Waals surface area contributed by atoms with Crippen LogP contribution < -0.4 is 0 Å². The summed E-state index contributed by atoms with van der Waals surface area (Å²) in [4.78, 5) is 15.2. The molecule has 0 spiro atoms. The van der Waals surface area contributed by atoms with Crippen LogP contribution in [-0.4, -0.2) is 19.5 Å². The van der Waals surface area contributed by atoms with Gasteiger partial charge >= 0.3 is 0 Å². The van der Waals surface area contributed by atoms with Crippen molar-refractivity contribution in [3.8, 4) is 62.1 Å². The zero-order valence-electron chi connectivity index (χ0n) is 31.3. The number of nitrogens with zero attached hydrogens (tertiary/aromatic N) is 4. The molecular weight excluding hydrogens is 669 g/mol. The van der Waals surface area contributed by atoms with Gasteiger partial charge in [0.2, 0.25) is 0 Å². The second-order valence-corrected chi connectivity index (χ2v) is 16.0. The summed E-state index contributed by atoms with van der Waals surface area (Å²) in [7, 11) is 0. The molecule has 0 saturated carbocycles. The Balaban J connectivity index is 1.24. The van der Waals surface area contributed by atoms with E-state index in [4.69, 9.17) is 15.0 Å². The molecular formula is C51H38N4. The summed E-state index contributed by atoms with van der Waals surface area (Å²) in [6, 6.07) is 56.2. The Labute approximate surface area is 320 Å². The van der Waals surface area contributed by atoms with Gasteiger partial charge in [-0.3, -0.25) is 0 Å². The van der Waals surface area contributed by atoms with Gasteiger partial charge in [-0.25, -0.2) is 15.0 Å². The Bertz CT molecular complexity index is 2970. The van der Waals surface area contributed by atoms with E-state index < -0.39 is 0 Å². The fourth-order valence-corrected chi connectivity index (χ4v) is 9.76. The molecule has 0 amide bonds. The minimum Gasteiger partial charge on any atom is -0.309 e. The largest absolute Gasteiger partial charge is 0.309 e. The lowest BCUT2D eigenvalue weighted by molar-refractivity contribution is 0.651. The number of aromatic nitrogens is 4. The average Bonchev–Trinajstić information content (AvgIpc) is 3.78. The van der Waals surface area contributed by atoms with Crippen LogP contribution in [0.2, 0.25) is 0 Å². The molecule has 0 aliphatic heterocycles. The topological polar surface area (TPSA) is 43.6 Å². The van der Waals surface area contributed by atoms with E-state index in [1.807, 2.05) is 36.4 Å². The highest BCUT2D eigenvalue weighted by molar-refractivity contribution is 6.21. The van der Waals surface area contributed by atoms with Crippen LogP contribution in [0.25, 0.3) is 83.9 Å². The van der Waals surface area contributed by atoms with Crippen LogP contribution in [0.4, 0.5) is 0 Å². The zero-order chi connectivity index (χ0) is 37.1. The van der Waals surface area contributed by atoms with Crippen LogP contribution >= 0.6 is 0 Å².